The average molecular weight is 379 g/mol. The van der Waals surface area contributed by atoms with Crippen LogP contribution in [0.25, 0.3) is 10.9 Å². The molecule has 1 aliphatic rings. The quantitative estimate of drug-likeness (QED) is 0.550. The highest BCUT2D eigenvalue weighted by molar-refractivity contribution is 5.85. The Labute approximate surface area is 166 Å². The molecule has 0 spiro atoms. The van der Waals surface area contributed by atoms with Crippen LogP contribution in [0.5, 0.6) is 5.88 Å². The van der Waals surface area contributed by atoms with Crippen molar-refractivity contribution in [1.29, 1.82) is 0 Å². The lowest BCUT2D eigenvalue weighted by Crippen LogP contribution is -2.19. The van der Waals surface area contributed by atoms with E-state index in [-0.39, 0.29) is 0 Å². The topological polar surface area (TPSA) is 62.8 Å². The minimum Gasteiger partial charge on any atom is -0.477 e. The van der Waals surface area contributed by atoms with Crippen molar-refractivity contribution in [3.8, 4) is 5.88 Å². The average Bonchev–Trinajstić information content (AvgIpc) is 3.14. The summed E-state index contributed by atoms with van der Waals surface area (Å²) in [6.45, 7) is 4.87. The molecule has 0 radical (unpaired) electrons. The molecular formula is C23H30N4O. The third kappa shape index (κ3) is 4.53. The van der Waals surface area contributed by atoms with E-state index in [2.05, 4.69) is 51.6 Å². The first-order valence-corrected chi connectivity index (χ1v) is 10.5. The third-order valence-electron chi connectivity index (χ3n) is 5.56. The summed E-state index contributed by atoms with van der Waals surface area (Å²) in [5.74, 6) is 0.684. The molecule has 4 rings (SSSR count). The molecule has 2 heterocycles. The predicted octanol–water partition coefficient (Wildman–Crippen LogP) is 4.14. The lowest BCUT2D eigenvalue weighted by Gasteiger charge is -2.14. The molecule has 0 atom stereocenters. The largest absolute Gasteiger partial charge is 0.477 e. The molecule has 0 unspecified atom stereocenters. The van der Waals surface area contributed by atoms with Gasteiger partial charge >= 0.3 is 0 Å². The number of aryl methyl sites for hydroxylation is 3. The van der Waals surface area contributed by atoms with Gasteiger partial charge in [0.1, 0.15) is 0 Å². The van der Waals surface area contributed by atoms with Gasteiger partial charge < -0.3 is 15.0 Å². The highest BCUT2D eigenvalue weighted by Gasteiger charge is 2.12. The summed E-state index contributed by atoms with van der Waals surface area (Å²) >= 11 is 0. The number of nitrogens with one attached hydrogen (secondary N) is 2. The predicted molar refractivity (Wildman–Crippen MR) is 113 cm³/mol. The Morgan fingerprint density at radius 1 is 1.11 bits per heavy atom. The summed E-state index contributed by atoms with van der Waals surface area (Å²) < 4.78 is 5.79. The van der Waals surface area contributed by atoms with Crippen LogP contribution in [0.1, 0.15) is 48.2 Å². The van der Waals surface area contributed by atoms with Gasteiger partial charge in [0, 0.05) is 17.1 Å². The maximum Gasteiger partial charge on any atom is 0.232 e. The third-order valence-corrected chi connectivity index (χ3v) is 5.56. The fraction of sp³-hybridized carbons (Fsp3) is 0.478. The van der Waals surface area contributed by atoms with E-state index in [0.717, 1.165) is 56.6 Å². The number of H-pyrrole nitrogens is 1. The van der Waals surface area contributed by atoms with Crippen LogP contribution in [0.4, 0.5) is 0 Å². The molecule has 5 nitrogen and oxygen atoms in total. The summed E-state index contributed by atoms with van der Waals surface area (Å²) in [5, 5.41) is 4.89. The first kappa shape index (κ1) is 18.9. The van der Waals surface area contributed by atoms with Crippen molar-refractivity contribution >= 4 is 10.9 Å². The van der Waals surface area contributed by atoms with Crippen LogP contribution in [0, 0.1) is 6.92 Å². The SMILES string of the molecule is Cc1cccc2c(CCNCCCCOc3cnc4c(n3)CCCC4)c[nH]c12. The van der Waals surface area contributed by atoms with Crippen LogP contribution in [0.2, 0.25) is 0 Å². The molecule has 1 aliphatic carbocycles. The number of hydrogen-bond acceptors (Lipinski definition) is 4. The Hall–Kier alpha value is -2.40. The Morgan fingerprint density at radius 3 is 2.93 bits per heavy atom. The molecule has 0 saturated heterocycles. The molecular weight excluding hydrogens is 348 g/mol. The summed E-state index contributed by atoms with van der Waals surface area (Å²) in [6, 6.07) is 6.49. The number of aromatic amines is 1. The number of nitrogens with zero attached hydrogens (tertiary/aromatic N) is 2. The van der Waals surface area contributed by atoms with Gasteiger partial charge in [0.05, 0.1) is 24.2 Å². The van der Waals surface area contributed by atoms with Crippen LogP contribution < -0.4 is 10.1 Å². The van der Waals surface area contributed by atoms with E-state index in [9.17, 15) is 0 Å². The monoisotopic (exact) mass is 378 g/mol. The van der Waals surface area contributed by atoms with Gasteiger partial charge in [-0.05, 0) is 76.1 Å². The normalized spacial score (nSPS) is 13.6. The molecule has 1 aromatic carbocycles. The second kappa shape index (κ2) is 9.20. The van der Waals surface area contributed by atoms with Crippen molar-refractivity contribution in [3.05, 3.63) is 53.1 Å². The van der Waals surface area contributed by atoms with Gasteiger partial charge in [0.2, 0.25) is 5.88 Å². The van der Waals surface area contributed by atoms with Crippen molar-refractivity contribution in [2.45, 2.75) is 51.9 Å². The first-order chi connectivity index (χ1) is 13.8. The van der Waals surface area contributed by atoms with Gasteiger partial charge in [-0.3, -0.25) is 4.98 Å². The molecule has 2 N–H and O–H groups in total. The standard InChI is InChI=1S/C23H30N4O/c1-17-7-6-8-19-18(15-26-23(17)19)11-13-24-12-4-5-14-28-22-16-25-20-9-2-3-10-21(20)27-22/h6-8,15-16,24,26H,2-5,9-14H2,1H3. The molecule has 28 heavy (non-hydrogen) atoms. The highest BCUT2D eigenvalue weighted by atomic mass is 16.5. The van der Waals surface area contributed by atoms with Gasteiger partial charge in [-0.15, -0.1) is 0 Å². The van der Waals surface area contributed by atoms with E-state index < -0.39 is 0 Å². The van der Waals surface area contributed by atoms with Crippen molar-refractivity contribution < 1.29 is 4.74 Å². The minimum absolute atomic E-state index is 0.684. The number of fused-ring (bicyclic) bond motifs is 2. The van der Waals surface area contributed by atoms with E-state index >= 15 is 0 Å². The van der Waals surface area contributed by atoms with E-state index in [1.807, 2.05) is 0 Å². The van der Waals surface area contributed by atoms with Crippen LogP contribution in [-0.4, -0.2) is 34.6 Å². The van der Waals surface area contributed by atoms with Crippen LogP contribution in [-0.2, 0) is 19.3 Å². The summed E-state index contributed by atoms with van der Waals surface area (Å²) in [6.07, 6.45) is 11.7. The zero-order valence-electron chi connectivity index (χ0n) is 16.8. The van der Waals surface area contributed by atoms with Crippen LogP contribution >= 0.6 is 0 Å². The van der Waals surface area contributed by atoms with E-state index in [0.29, 0.717) is 12.5 Å². The summed E-state index contributed by atoms with van der Waals surface area (Å²) in [5.41, 5.74) is 6.26. The molecule has 2 aromatic heterocycles. The Kier molecular flexibility index (Phi) is 6.22. The number of rotatable bonds is 9. The van der Waals surface area contributed by atoms with Gasteiger partial charge in [-0.2, -0.15) is 0 Å². The number of aromatic nitrogens is 3. The summed E-state index contributed by atoms with van der Waals surface area (Å²) in [7, 11) is 0. The number of unbranched alkanes of at least 4 members (excludes halogenated alkanes) is 1. The van der Waals surface area contributed by atoms with Crippen molar-refractivity contribution in [1.82, 2.24) is 20.3 Å². The van der Waals surface area contributed by atoms with E-state index in [1.165, 1.54) is 34.9 Å². The van der Waals surface area contributed by atoms with Gasteiger partial charge in [0.25, 0.3) is 0 Å². The lowest BCUT2D eigenvalue weighted by atomic mass is 10.0. The molecule has 0 fully saturated rings. The number of ether oxygens (including phenoxy) is 1. The van der Waals surface area contributed by atoms with Crippen molar-refractivity contribution in [2.24, 2.45) is 0 Å². The smallest absolute Gasteiger partial charge is 0.232 e. The van der Waals surface area contributed by atoms with Gasteiger partial charge in [0.15, 0.2) is 0 Å². The Bertz CT molecular complexity index is 918. The van der Waals surface area contributed by atoms with Crippen LogP contribution in [0.3, 0.4) is 0 Å². The fourth-order valence-corrected chi connectivity index (χ4v) is 3.95. The van der Waals surface area contributed by atoms with E-state index in [4.69, 9.17) is 4.74 Å². The van der Waals surface area contributed by atoms with Crippen LogP contribution in [0.15, 0.2) is 30.6 Å². The van der Waals surface area contributed by atoms with Crippen molar-refractivity contribution in [2.75, 3.05) is 19.7 Å². The zero-order chi connectivity index (χ0) is 19.2. The minimum atomic E-state index is 0.684. The molecule has 0 saturated carbocycles. The highest BCUT2D eigenvalue weighted by Crippen LogP contribution is 2.21. The Balaban J connectivity index is 1.12. The maximum absolute atomic E-state index is 5.79. The number of benzene rings is 1. The Morgan fingerprint density at radius 2 is 2.00 bits per heavy atom. The fourth-order valence-electron chi connectivity index (χ4n) is 3.95. The molecule has 148 valence electrons. The van der Waals surface area contributed by atoms with Gasteiger partial charge in [-0.25, -0.2) is 4.98 Å². The molecule has 0 aliphatic heterocycles. The maximum atomic E-state index is 5.79. The molecule has 0 amide bonds. The molecule has 5 heteroatoms. The summed E-state index contributed by atoms with van der Waals surface area (Å²) in [4.78, 5) is 12.5. The first-order valence-electron chi connectivity index (χ1n) is 10.5. The van der Waals surface area contributed by atoms with Crippen molar-refractivity contribution in [3.63, 3.8) is 0 Å². The number of para-hydroxylation sites is 1. The lowest BCUT2D eigenvalue weighted by molar-refractivity contribution is 0.291. The molecule has 0 bridgehead atoms. The second-order valence-corrected chi connectivity index (χ2v) is 7.68. The second-order valence-electron chi connectivity index (χ2n) is 7.68. The number of hydrogen-bond donors (Lipinski definition) is 2. The van der Waals surface area contributed by atoms with Gasteiger partial charge in [-0.1, -0.05) is 18.2 Å². The van der Waals surface area contributed by atoms with E-state index in [1.54, 1.807) is 6.20 Å². The molecule has 3 aromatic rings. The zero-order valence-corrected chi connectivity index (χ0v) is 16.8.